The number of hydrogen-bond acceptors (Lipinski definition) is 3. The highest BCUT2D eigenvalue weighted by Crippen LogP contribution is 2.14. The Morgan fingerprint density at radius 2 is 2.18 bits per heavy atom. The van der Waals surface area contributed by atoms with E-state index in [4.69, 9.17) is 4.74 Å². The molecule has 2 rings (SSSR count). The van der Waals surface area contributed by atoms with Crippen molar-refractivity contribution in [3.63, 3.8) is 0 Å². The standard InChI is InChI=1S/C13H16BrNO2/c14-12-5-3-10(4-6-12)9-17-13(16)11-2-1-7-15-8-11/h3-6,11,15H,1-2,7-9H2. The first-order chi connectivity index (χ1) is 8.25. The maximum Gasteiger partial charge on any atom is 0.310 e. The van der Waals surface area contributed by atoms with Crippen molar-refractivity contribution < 1.29 is 9.53 Å². The summed E-state index contributed by atoms with van der Waals surface area (Å²) in [6, 6.07) is 7.81. The zero-order chi connectivity index (χ0) is 12.1. The van der Waals surface area contributed by atoms with Crippen molar-refractivity contribution in [3.05, 3.63) is 34.3 Å². The Balaban J connectivity index is 1.81. The molecule has 1 heterocycles. The maximum absolute atomic E-state index is 11.8. The van der Waals surface area contributed by atoms with Gasteiger partial charge in [0.2, 0.25) is 0 Å². The fraction of sp³-hybridized carbons (Fsp3) is 0.462. The first kappa shape index (κ1) is 12.6. The summed E-state index contributed by atoms with van der Waals surface area (Å²) in [5, 5.41) is 3.21. The predicted octanol–water partition coefficient (Wildman–Crippen LogP) is 2.49. The van der Waals surface area contributed by atoms with Crippen LogP contribution in [0.15, 0.2) is 28.7 Å². The van der Waals surface area contributed by atoms with E-state index >= 15 is 0 Å². The smallest absolute Gasteiger partial charge is 0.310 e. The van der Waals surface area contributed by atoms with Crippen molar-refractivity contribution in [1.82, 2.24) is 5.32 Å². The van der Waals surface area contributed by atoms with E-state index in [1.54, 1.807) is 0 Å². The minimum atomic E-state index is -0.0832. The van der Waals surface area contributed by atoms with Crippen LogP contribution >= 0.6 is 15.9 Å². The van der Waals surface area contributed by atoms with Crippen LogP contribution in [0.4, 0.5) is 0 Å². The van der Waals surface area contributed by atoms with Crippen molar-refractivity contribution in [2.75, 3.05) is 13.1 Å². The minimum absolute atomic E-state index is 0.0270. The molecule has 1 atom stereocenters. The highest BCUT2D eigenvalue weighted by molar-refractivity contribution is 9.10. The fourth-order valence-corrected chi connectivity index (χ4v) is 2.17. The summed E-state index contributed by atoms with van der Waals surface area (Å²) in [5.74, 6) is -0.0562. The monoisotopic (exact) mass is 297 g/mol. The molecule has 92 valence electrons. The van der Waals surface area contributed by atoms with E-state index in [1.807, 2.05) is 24.3 Å². The lowest BCUT2D eigenvalue weighted by Gasteiger charge is -2.21. The van der Waals surface area contributed by atoms with Gasteiger partial charge in [-0.15, -0.1) is 0 Å². The van der Waals surface area contributed by atoms with Crippen LogP contribution in [0.1, 0.15) is 18.4 Å². The lowest BCUT2D eigenvalue weighted by atomic mass is 10.0. The molecule has 0 aliphatic carbocycles. The molecular weight excluding hydrogens is 282 g/mol. The second kappa shape index (κ2) is 6.17. The SMILES string of the molecule is O=C(OCc1ccc(Br)cc1)C1CCCNC1. The van der Waals surface area contributed by atoms with Crippen molar-refractivity contribution in [2.24, 2.45) is 5.92 Å². The maximum atomic E-state index is 11.8. The average Bonchev–Trinajstić information content (AvgIpc) is 2.39. The highest BCUT2D eigenvalue weighted by Gasteiger charge is 2.22. The molecule has 1 aliphatic rings. The quantitative estimate of drug-likeness (QED) is 0.871. The second-order valence-corrected chi connectivity index (χ2v) is 5.19. The largest absolute Gasteiger partial charge is 0.461 e. The van der Waals surface area contributed by atoms with Gasteiger partial charge in [0.1, 0.15) is 6.61 Å². The molecule has 3 nitrogen and oxygen atoms in total. The molecule has 1 aromatic rings. The summed E-state index contributed by atoms with van der Waals surface area (Å²) in [6.45, 7) is 2.12. The Kier molecular flexibility index (Phi) is 4.57. The van der Waals surface area contributed by atoms with Gasteiger partial charge in [-0.1, -0.05) is 28.1 Å². The third-order valence-corrected chi connectivity index (χ3v) is 3.45. The van der Waals surface area contributed by atoms with Gasteiger partial charge in [0, 0.05) is 11.0 Å². The number of halogens is 1. The summed E-state index contributed by atoms with van der Waals surface area (Å²) in [7, 11) is 0. The number of carbonyl (C=O) groups is 1. The molecule has 1 saturated heterocycles. The number of carbonyl (C=O) groups excluding carboxylic acids is 1. The molecule has 0 amide bonds. The van der Waals surface area contributed by atoms with Crippen molar-refractivity contribution in [1.29, 1.82) is 0 Å². The van der Waals surface area contributed by atoms with Gasteiger partial charge in [-0.2, -0.15) is 0 Å². The van der Waals surface area contributed by atoms with E-state index in [1.165, 1.54) is 0 Å². The average molecular weight is 298 g/mol. The Hall–Kier alpha value is -0.870. The zero-order valence-electron chi connectivity index (χ0n) is 9.62. The molecule has 1 aromatic carbocycles. The third-order valence-electron chi connectivity index (χ3n) is 2.92. The lowest BCUT2D eigenvalue weighted by molar-refractivity contribution is -0.150. The molecule has 0 radical (unpaired) electrons. The van der Waals surface area contributed by atoms with E-state index in [0.29, 0.717) is 6.61 Å². The van der Waals surface area contributed by atoms with E-state index in [9.17, 15) is 4.79 Å². The second-order valence-electron chi connectivity index (χ2n) is 4.28. The van der Waals surface area contributed by atoms with Crippen LogP contribution in [0.3, 0.4) is 0 Å². The van der Waals surface area contributed by atoms with Gasteiger partial charge in [0.15, 0.2) is 0 Å². The number of piperidine rings is 1. The fourth-order valence-electron chi connectivity index (χ4n) is 1.91. The summed E-state index contributed by atoms with van der Waals surface area (Å²) < 4.78 is 6.34. The number of nitrogens with one attached hydrogen (secondary N) is 1. The number of rotatable bonds is 3. The Morgan fingerprint density at radius 1 is 1.41 bits per heavy atom. The van der Waals surface area contributed by atoms with Crippen LogP contribution in [0, 0.1) is 5.92 Å². The van der Waals surface area contributed by atoms with Crippen LogP contribution in [-0.4, -0.2) is 19.1 Å². The van der Waals surface area contributed by atoms with Gasteiger partial charge in [0.25, 0.3) is 0 Å². The molecular formula is C13H16BrNO2. The van der Waals surface area contributed by atoms with Crippen LogP contribution in [0.5, 0.6) is 0 Å². The first-order valence-electron chi connectivity index (χ1n) is 5.87. The first-order valence-corrected chi connectivity index (χ1v) is 6.67. The molecule has 17 heavy (non-hydrogen) atoms. The van der Waals surface area contributed by atoms with Crippen LogP contribution in [0.25, 0.3) is 0 Å². The Morgan fingerprint density at radius 3 is 2.82 bits per heavy atom. The topological polar surface area (TPSA) is 38.3 Å². The van der Waals surface area contributed by atoms with Gasteiger partial charge in [-0.05, 0) is 37.1 Å². The van der Waals surface area contributed by atoms with Gasteiger partial charge in [0.05, 0.1) is 5.92 Å². The molecule has 1 aliphatic heterocycles. The summed E-state index contributed by atoms with van der Waals surface area (Å²) in [5.41, 5.74) is 1.02. The highest BCUT2D eigenvalue weighted by atomic mass is 79.9. The molecule has 0 spiro atoms. The van der Waals surface area contributed by atoms with Gasteiger partial charge in [-0.3, -0.25) is 4.79 Å². The molecule has 1 unspecified atom stereocenters. The summed E-state index contributed by atoms with van der Waals surface area (Å²) in [4.78, 5) is 11.8. The van der Waals surface area contributed by atoms with Crippen molar-refractivity contribution >= 4 is 21.9 Å². The van der Waals surface area contributed by atoms with Gasteiger partial charge < -0.3 is 10.1 Å². The summed E-state index contributed by atoms with van der Waals surface area (Å²) in [6.07, 6.45) is 1.99. The third kappa shape index (κ3) is 3.82. The Bertz CT molecular complexity index is 372. The zero-order valence-corrected chi connectivity index (χ0v) is 11.2. The van der Waals surface area contributed by atoms with Crippen molar-refractivity contribution in [2.45, 2.75) is 19.4 Å². The molecule has 4 heteroatoms. The Labute approximate surface area is 110 Å². The van der Waals surface area contributed by atoms with Crippen LogP contribution in [-0.2, 0) is 16.1 Å². The molecule has 0 aromatic heterocycles. The van der Waals surface area contributed by atoms with E-state index in [-0.39, 0.29) is 11.9 Å². The predicted molar refractivity (Wildman–Crippen MR) is 69.5 cm³/mol. The van der Waals surface area contributed by atoms with Crippen LogP contribution in [0.2, 0.25) is 0 Å². The van der Waals surface area contributed by atoms with E-state index < -0.39 is 0 Å². The number of benzene rings is 1. The number of ether oxygens (including phenoxy) is 1. The van der Waals surface area contributed by atoms with Gasteiger partial charge >= 0.3 is 5.97 Å². The molecule has 1 N–H and O–H groups in total. The van der Waals surface area contributed by atoms with Crippen LogP contribution < -0.4 is 5.32 Å². The minimum Gasteiger partial charge on any atom is -0.461 e. The van der Waals surface area contributed by atoms with E-state index in [2.05, 4.69) is 21.2 Å². The van der Waals surface area contributed by atoms with Crippen molar-refractivity contribution in [3.8, 4) is 0 Å². The summed E-state index contributed by atoms with van der Waals surface area (Å²) >= 11 is 3.37. The normalized spacial score (nSPS) is 19.9. The number of esters is 1. The van der Waals surface area contributed by atoms with Gasteiger partial charge in [-0.25, -0.2) is 0 Å². The number of hydrogen-bond donors (Lipinski definition) is 1. The molecule has 1 fully saturated rings. The molecule has 0 bridgehead atoms. The van der Waals surface area contributed by atoms with E-state index in [0.717, 1.165) is 36.0 Å². The molecule has 0 saturated carbocycles. The lowest BCUT2D eigenvalue weighted by Crippen LogP contribution is -2.35.